The first-order valence-corrected chi connectivity index (χ1v) is 11.6. The number of rotatable bonds is 2. The number of benzene rings is 1. The van der Waals surface area contributed by atoms with Gasteiger partial charge in [-0.15, -0.1) is 11.3 Å². The molecule has 5 heterocycles. The van der Waals surface area contributed by atoms with Crippen molar-refractivity contribution >= 4 is 55.5 Å². The Kier molecular flexibility index (Phi) is 4.63. The van der Waals surface area contributed by atoms with E-state index in [0.29, 0.717) is 36.3 Å². The summed E-state index contributed by atoms with van der Waals surface area (Å²) in [5, 5.41) is 8.49. The van der Waals surface area contributed by atoms with Crippen LogP contribution >= 0.6 is 22.9 Å². The molecule has 0 radical (unpaired) electrons. The maximum absolute atomic E-state index is 12.4. The molecule has 162 valence electrons. The van der Waals surface area contributed by atoms with Crippen molar-refractivity contribution < 1.29 is 9.53 Å². The molecule has 2 aliphatic heterocycles. The summed E-state index contributed by atoms with van der Waals surface area (Å²) >= 11 is 7.64. The maximum atomic E-state index is 12.4. The number of carbonyl (C=O) groups excluding carboxylic acids is 1. The monoisotopic (exact) mass is 466 g/mol. The van der Waals surface area contributed by atoms with Gasteiger partial charge >= 0.3 is 0 Å². The van der Waals surface area contributed by atoms with Crippen LogP contribution in [0, 0.1) is 0 Å². The Morgan fingerprint density at radius 1 is 1.12 bits per heavy atom. The first-order chi connectivity index (χ1) is 15.6. The van der Waals surface area contributed by atoms with Crippen LogP contribution in [-0.2, 0) is 13.0 Å². The van der Waals surface area contributed by atoms with E-state index in [1.54, 1.807) is 0 Å². The number of ether oxygens (including phenoxy) is 1. The molecule has 0 aliphatic carbocycles. The fourth-order valence-corrected chi connectivity index (χ4v) is 5.58. The average Bonchev–Trinajstić information content (AvgIpc) is 3.06. The molecule has 3 aromatic heterocycles. The lowest BCUT2D eigenvalue weighted by molar-refractivity contribution is 0.0962. The lowest BCUT2D eigenvalue weighted by atomic mass is 10.1. The highest BCUT2D eigenvalue weighted by Crippen LogP contribution is 2.41. The van der Waals surface area contributed by atoms with Crippen LogP contribution in [-0.4, -0.2) is 52.4 Å². The third-order valence-electron chi connectivity index (χ3n) is 5.80. The Hall–Kier alpha value is -3.01. The van der Waals surface area contributed by atoms with E-state index in [-0.39, 0.29) is 11.2 Å². The largest absolute Gasteiger partial charge is 0.420 e. The van der Waals surface area contributed by atoms with Crippen LogP contribution < -0.4 is 15.4 Å². The van der Waals surface area contributed by atoms with Gasteiger partial charge in [0.25, 0.3) is 5.91 Å². The number of carbonyl (C=O) groups is 1. The van der Waals surface area contributed by atoms with Gasteiger partial charge in [0, 0.05) is 54.1 Å². The van der Waals surface area contributed by atoms with Crippen LogP contribution in [0.3, 0.4) is 0 Å². The summed E-state index contributed by atoms with van der Waals surface area (Å²) in [7, 11) is 2.05. The minimum absolute atomic E-state index is 0.0392. The highest BCUT2D eigenvalue weighted by atomic mass is 35.5. The number of halogens is 1. The average molecular weight is 467 g/mol. The Morgan fingerprint density at radius 3 is 2.91 bits per heavy atom. The van der Waals surface area contributed by atoms with Gasteiger partial charge in [0.2, 0.25) is 17.0 Å². The van der Waals surface area contributed by atoms with Crippen molar-refractivity contribution in [3.8, 4) is 11.8 Å². The van der Waals surface area contributed by atoms with E-state index < -0.39 is 0 Å². The molecule has 8 nitrogen and oxygen atoms in total. The van der Waals surface area contributed by atoms with Crippen molar-refractivity contribution in [1.82, 2.24) is 25.2 Å². The molecule has 0 fully saturated rings. The highest BCUT2D eigenvalue weighted by Gasteiger charge is 2.24. The number of nitrogens with zero attached hydrogens (tertiary/aromatic N) is 4. The topological polar surface area (TPSA) is 92.3 Å². The summed E-state index contributed by atoms with van der Waals surface area (Å²) in [6.45, 7) is 2.90. The molecule has 0 spiro atoms. The number of likely N-dealkylation sites (N-methyl/N-ethyl adjacent to an activating group) is 1. The third kappa shape index (κ3) is 3.24. The highest BCUT2D eigenvalue weighted by molar-refractivity contribution is 7.21. The fourth-order valence-electron chi connectivity index (χ4n) is 4.29. The molecule has 2 aliphatic rings. The Labute approximate surface area is 192 Å². The first kappa shape index (κ1) is 19.7. The van der Waals surface area contributed by atoms with Crippen LogP contribution in [0.15, 0.2) is 24.3 Å². The van der Waals surface area contributed by atoms with Gasteiger partial charge in [-0.05, 0) is 36.8 Å². The zero-order chi connectivity index (χ0) is 21.8. The number of hydrogen-bond donors (Lipinski definition) is 2. The van der Waals surface area contributed by atoms with Gasteiger partial charge in [0.05, 0.1) is 22.5 Å². The van der Waals surface area contributed by atoms with Crippen LogP contribution in [0.1, 0.15) is 20.9 Å². The summed E-state index contributed by atoms with van der Waals surface area (Å²) in [6, 6.07) is 7.77. The van der Waals surface area contributed by atoms with Crippen molar-refractivity contribution in [3.63, 3.8) is 0 Å². The van der Waals surface area contributed by atoms with E-state index in [1.165, 1.54) is 11.3 Å². The molecular formula is C22H19ClN6O2S. The molecule has 0 atom stereocenters. The number of fused-ring (bicyclic) bond motifs is 6. The maximum Gasteiger partial charge on any atom is 0.263 e. The summed E-state index contributed by atoms with van der Waals surface area (Å²) in [5.74, 6) is 0.846. The number of anilines is 1. The van der Waals surface area contributed by atoms with Gasteiger partial charge < -0.3 is 20.3 Å². The summed E-state index contributed by atoms with van der Waals surface area (Å²) in [4.78, 5) is 28.8. The van der Waals surface area contributed by atoms with E-state index in [4.69, 9.17) is 21.3 Å². The number of thiophene rings is 1. The van der Waals surface area contributed by atoms with Gasteiger partial charge in [0.15, 0.2) is 0 Å². The molecule has 0 saturated heterocycles. The number of aromatic nitrogens is 3. The summed E-state index contributed by atoms with van der Waals surface area (Å²) in [5.41, 5.74) is 3.53. The third-order valence-corrected chi connectivity index (χ3v) is 7.13. The SMILES string of the molecule is CN1CCc2nc(Cl)nc(Oc3ccc4c(ccc5sc6c(c54)NCCNC6=O)n3)c2C1. The van der Waals surface area contributed by atoms with Crippen LogP contribution in [0.5, 0.6) is 11.8 Å². The molecule has 2 N–H and O–H groups in total. The predicted octanol–water partition coefficient (Wildman–Crippen LogP) is 3.83. The molecule has 0 saturated carbocycles. The van der Waals surface area contributed by atoms with Crippen molar-refractivity contribution in [1.29, 1.82) is 0 Å². The number of hydrogen-bond acceptors (Lipinski definition) is 8. The second-order valence-electron chi connectivity index (χ2n) is 7.96. The Balaban J connectivity index is 1.43. The lowest BCUT2D eigenvalue weighted by Gasteiger charge is -2.25. The number of amides is 1. The summed E-state index contributed by atoms with van der Waals surface area (Å²) in [6.07, 6.45) is 0.803. The van der Waals surface area contributed by atoms with Crippen molar-refractivity contribution in [2.24, 2.45) is 0 Å². The van der Waals surface area contributed by atoms with E-state index in [1.807, 2.05) is 24.3 Å². The van der Waals surface area contributed by atoms with Gasteiger partial charge in [-0.2, -0.15) is 4.98 Å². The van der Waals surface area contributed by atoms with Crippen LogP contribution in [0.25, 0.3) is 21.0 Å². The van der Waals surface area contributed by atoms with Crippen molar-refractivity contribution in [3.05, 3.63) is 45.7 Å². The number of pyridine rings is 1. The molecule has 1 aromatic carbocycles. The molecule has 1 amide bonds. The van der Waals surface area contributed by atoms with Gasteiger partial charge in [-0.25, -0.2) is 9.97 Å². The van der Waals surface area contributed by atoms with Crippen LogP contribution in [0.2, 0.25) is 5.28 Å². The fraction of sp³-hybridized carbons (Fsp3) is 0.273. The smallest absolute Gasteiger partial charge is 0.263 e. The lowest BCUT2D eigenvalue weighted by Crippen LogP contribution is -2.28. The van der Waals surface area contributed by atoms with E-state index in [2.05, 4.69) is 32.5 Å². The van der Waals surface area contributed by atoms with E-state index in [9.17, 15) is 4.79 Å². The second kappa shape index (κ2) is 7.54. The minimum Gasteiger partial charge on any atom is -0.420 e. The molecule has 0 unspecified atom stereocenters. The normalized spacial score (nSPS) is 16.2. The minimum atomic E-state index is -0.0392. The zero-order valence-corrected chi connectivity index (χ0v) is 18.8. The quantitative estimate of drug-likeness (QED) is 0.434. The molecule has 10 heteroatoms. The molecular weight excluding hydrogens is 448 g/mol. The predicted molar refractivity (Wildman–Crippen MR) is 125 cm³/mol. The Morgan fingerprint density at radius 2 is 2.00 bits per heavy atom. The van der Waals surface area contributed by atoms with Gasteiger partial charge in [-0.3, -0.25) is 4.79 Å². The van der Waals surface area contributed by atoms with Gasteiger partial charge in [0.1, 0.15) is 4.88 Å². The zero-order valence-electron chi connectivity index (χ0n) is 17.2. The van der Waals surface area contributed by atoms with Crippen molar-refractivity contribution in [2.45, 2.75) is 13.0 Å². The van der Waals surface area contributed by atoms with E-state index in [0.717, 1.165) is 50.9 Å². The second-order valence-corrected chi connectivity index (χ2v) is 9.35. The van der Waals surface area contributed by atoms with E-state index >= 15 is 0 Å². The number of nitrogens with one attached hydrogen (secondary N) is 2. The molecule has 32 heavy (non-hydrogen) atoms. The molecule has 6 rings (SSSR count). The van der Waals surface area contributed by atoms with Crippen LogP contribution in [0.4, 0.5) is 5.69 Å². The van der Waals surface area contributed by atoms with Crippen molar-refractivity contribution in [2.75, 3.05) is 32.0 Å². The molecule has 0 bridgehead atoms. The standard InChI is InChI=1S/C22H19ClN6O2S/c1-29-9-6-14-12(10-29)21(28-22(23)27-14)31-16-5-2-11-13(26-16)3-4-15-17(11)18-19(32-15)20(30)25-8-7-24-18/h2-5,24H,6-10H2,1H3,(H,25,30). The Bertz CT molecular complexity index is 1400. The van der Waals surface area contributed by atoms with Gasteiger partial charge in [-0.1, -0.05) is 0 Å². The molecule has 4 aromatic rings. The summed E-state index contributed by atoms with van der Waals surface area (Å²) < 4.78 is 7.15. The first-order valence-electron chi connectivity index (χ1n) is 10.4.